The van der Waals surface area contributed by atoms with E-state index in [-0.39, 0.29) is 5.82 Å². The largest absolute Gasteiger partial charge is 0.399 e. The highest BCUT2D eigenvalue weighted by Crippen LogP contribution is 2.32. The van der Waals surface area contributed by atoms with Crippen LogP contribution in [0, 0.1) is 5.82 Å². The van der Waals surface area contributed by atoms with Gasteiger partial charge in [0, 0.05) is 11.6 Å². The maximum atomic E-state index is 13.9. The van der Waals surface area contributed by atoms with Gasteiger partial charge in [-0.05, 0) is 41.5 Å². The van der Waals surface area contributed by atoms with Gasteiger partial charge in [0.05, 0.1) is 0 Å². The molecule has 0 amide bonds. The molecule has 3 rings (SSSR count). The van der Waals surface area contributed by atoms with Crippen molar-refractivity contribution in [2.75, 3.05) is 5.73 Å². The lowest BCUT2D eigenvalue weighted by Crippen LogP contribution is -2.13. The van der Waals surface area contributed by atoms with E-state index in [1.54, 1.807) is 6.07 Å². The number of nitrogen functional groups attached to an aromatic ring is 1. The lowest BCUT2D eigenvalue weighted by Gasteiger charge is -2.20. The molecular weight excluding hydrogens is 245 g/mol. The Balaban J connectivity index is 2.01. The van der Waals surface area contributed by atoms with Gasteiger partial charge >= 0.3 is 0 Å². The number of anilines is 1. The van der Waals surface area contributed by atoms with Crippen LogP contribution in [0.2, 0.25) is 0 Å². The minimum absolute atomic E-state index is 0.310. The quantitative estimate of drug-likeness (QED) is 0.843. The van der Waals surface area contributed by atoms with Gasteiger partial charge in [-0.2, -0.15) is 4.68 Å². The van der Waals surface area contributed by atoms with Gasteiger partial charge in [-0.1, -0.05) is 19.3 Å². The molecule has 19 heavy (non-hydrogen) atoms. The van der Waals surface area contributed by atoms with Crippen LogP contribution in [0.5, 0.6) is 0 Å². The molecule has 2 aromatic rings. The minimum Gasteiger partial charge on any atom is -0.399 e. The summed E-state index contributed by atoms with van der Waals surface area (Å²) in [6, 6.07) is 4.44. The van der Waals surface area contributed by atoms with Crippen LogP contribution >= 0.6 is 0 Å². The first-order valence-corrected chi connectivity index (χ1v) is 6.59. The van der Waals surface area contributed by atoms with Gasteiger partial charge in [-0.15, -0.1) is 5.10 Å². The van der Waals surface area contributed by atoms with E-state index in [2.05, 4.69) is 15.5 Å². The molecule has 0 aliphatic heterocycles. The van der Waals surface area contributed by atoms with Gasteiger partial charge in [0.15, 0.2) is 5.82 Å². The number of hydrogen-bond donors (Lipinski definition) is 1. The lowest BCUT2D eigenvalue weighted by atomic mass is 9.88. The maximum absolute atomic E-state index is 13.9. The van der Waals surface area contributed by atoms with Gasteiger partial charge in [0.1, 0.15) is 11.5 Å². The normalized spacial score (nSPS) is 16.7. The summed E-state index contributed by atoms with van der Waals surface area (Å²) >= 11 is 0. The fourth-order valence-corrected chi connectivity index (χ4v) is 2.67. The molecule has 6 heteroatoms. The van der Waals surface area contributed by atoms with Gasteiger partial charge in [-0.25, -0.2) is 4.39 Å². The molecule has 1 aliphatic carbocycles. The smallest absolute Gasteiger partial charge is 0.159 e. The van der Waals surface area contributed by atoms with Crippen molar-refractivity contribution in [2.24, 2.45) is 0 Å². The highest BCUT2D eigenvalue weighted by Gasteiger charge is 2.23. The van der Waals surface area contributed by atoms with Gasteiger partial charge in [-0.3, -0.25) is 0 Å². The molecule has 1 heterocycles. The molecule has 100 valence electrons. The molecular formula is C13H16FN5. The SMILES string of the molecule is Nc1ccc(F)c(-n2nnnc2C2CCCCC2)c1. The third-order valence-electron chi connectivity index (χ3n) is 3.66. The van der Waals surface area contributed by atoms with Crippen LogP contribution in [0.4, 0.5) is 10.1 Å². The second-order valence-corrected chi connectivity index (χ2v) is 4.99. The molecule has 2 N–H and O–H groups in total. The zero-order valence-corrected chi connectivity index (χ0v) is 10.6. The van der Waals surface area contributed by atoms with E-state index in [1.165, 1.54) is 36.1 Å². The van der Waals surface area contributed by atoms with Crippen molar-refractivity contribution >= 4 is 5.69 Å². The first kappa shape index (κ1) is 12.1. The van der Waals surface area contributed by atoms with Gasteiger partial charge in [0.25, 0.3) is 0 Å². The van der Waals surface area contributed by atoms with E-state index < -0.39 is 0 Å². The van der Waals surface area contributed by atoms with Crippen LogP contribution in [-0.2, 0) is 0 Å². The molecule has 1 aromatic carbocycles. The molecule has 1 fully saturated rings. The van der Waals surface area contributed by atoms with Crippen molar-refractivity contribution < 1.29 is 4.39 Å². The van der Waals surface area contributed by atoms with Gasteiger partial charge < -0.3 is 5.73 Å². The van der Waals surface area contributed by atoms with Crippen molar-refractivity contribution in [1.29, 1.82) is 0 Å². The number of hydrogen-bond acceptors (Lipinski definition) is 4. The summed E-state index contributed by atoms with van der Waals surface area (Å²) in [6.45, 7) is 0. The van der Waals surface area contributed by atoms with Crippen molar-refractivity contribution in [1.82, 2.24) is 20.2 Å². The molecule has 1 saturated carbocycles. The molecule has 0 unspecified atom stereocenters. The van der Waals surface area contributed by atoms with Crippen molar-refractivity contribution in [2.45, 2.75) is 38.0 Å². The zero-order chi connectivity index (χ0) is 13.2. The monoisotopic (exact) mass is 261 g/mol. The summed E-state index contributed by atoms with van der Waals surface area (Å²) in [5, 5.41) is 11.7. The molecule has 1 aliphatic rings. The summed E-state index contributed by atoms with van der Waals surface area (Å²) in [7, 11) is 0. The number of tetrazole rings is 1. The zero-order valence-electron chi connectivity index (χ0n) is 10.6. The Morgan fingerprint density at radius 3 is 2.79 bits per heavy atom. The number of halogens is 1. The fourth-order valence-electron chi connectivity index (χ4n) is 2.67. The number of nitrogens with two attached hydrogens (primary N) is 1. The summed E-state index contributed by atoms with van der Waals surface area (Å²) in [4.78, 5) is 0. The Morgan fingerprint density at radius 2 is 2.00 bits per heavy atom. The number of nitrogens with zero attached hydrogens (tertiary/aromatic N) is 4. The molecule has 0 spiro atoms. The second-order valence-electron chi connectivity index (χ2n) is 4.99. The molecule has 1 aromatic heterocycles. The average Bonchev–Trinajstić information content (AvgIpc) is 2.91. The highest BCUT2D eigenvalue weighted by atomic mass is 19.1. The van der Waals surface area contributed by atoms with E-state index in [0.29, 0.717) is 17.3 Å². The Morgan fingerprint density at radius 1 is 1.21 bits per heavy atom. The first-order chi connectivity index (χ1) is 9.25. The summed E-state index contributed by atoms with van der Waals surface area (Å²) in [6.07, 6.45) is 5.73. The molecule has 0 saturated heterocycles. The van der Waals surface area contributed by atoms with E-state index in [0.717, 1.165) is 18.7 Å². The Bertz CT molecular complexity index is 574. The Kier molecular flexibility index (Phi) is 3.15. The molecule has 0 bridgehead atoms. The van der Waals surface area contributed by atoms with Crippen LogP contribution in [0.25, 0.3) is 5.69 Å². The minimum atomic E-state index is -0.362. The van der Waals surface area contributed by atoms with E-state index >= 15 is 0 Å². The van der Waals surface area contributed by atoms with Crippen LogP contribution in [0.3, 0.4) is 0 Å². The number of aromatic nitrogens is 4. The first-order valence-electron chi connectivity index (χ1n) is 6.59. The third-order valence-corrected chi connectivity index (χ3v) is 3.66. The predicted octanol–water partition coefficient (Wildman–Crippen LogP) is 2.43. The van der Waals surface area contributed by atoms with Crippen LogP contribution < -0.4 is 5.73 Å². The molecule has 0 radical (unpaired) electrons. The Hall–Kier alpha value is -1.98. The Labute approximate surface area is 110 Å². The van der Waals surface area contributed by atoms with Crippen molar-refractivity contribution in [3.63, 3.8) is 0 Å². The summed E-state index contributed by atoms with van der Waals surface area (Å²) in [5.41, 5.74) is 6.54. The third kappa shape index (κ3) is 2.30. The summed E-state index contributed by atoms with van der Waals surface area (Å²) < 4.78 is 15.4. The van der Waals surface area contributed by atoms with Crippen LogP contribution in [-0.4, -0.2) is 20.2 Å². The van der Waals surface area contributed by atoms with Crippen LogP contribution in [0.15, 0.2) is 18.2 Å². The van der Waals surface area contributed by atoms with Crippen molar-refractivity contribution in [3.05, 3.63) is 29.8 Å². The van der Waals surface area contributed by atoms with E-state index in [9.17, 15) is 4.39 Å². The number of rotatable bonds is 2. The predicted molar refractivity (Wildman–Crippen MR) is 69.4 cm³/mol. The fraction of sp³-hybridized carbons (Fsp3) is 0.462. The van der Waals surface area contributed by atoms with Gasteiger partial charge in [0.2, 0.25) is 0 Å². The molecule has 5 nitrogen and oxygen atoms in total. The second kappa shape index (κ2) is 4.95. The lowest BCUT2D eigenvalue weighted by molar-refractivity contribution is 0.421. The number of benzene rings is 1. The van der Waals surface area contributed by atoms with E-state index in [4.69, 9.17) is 5.73 Å². The van der Waals surface area contributed by atoms with Crippen molar-refractivity contribution in [3.8, 4) is 5.69 Å². The summed E-state index contributed by atoms with van der Waals surface area (Å²) in [5.74, 6) is 0.687. The molecule has 0 atom stereocenters. The average molecular weight is 261 g/mol. The maximum Gasteiger partial charge on any atom is 0.159 e. The van der Waals surface area contributed by atoms with Crippen LogP contribution in [0.1, 0.15) is 43.8 Å². The standard InChI is InChI=1S/C13H16FN5/c14-11-7-6-10(15)8-12(11)19-13(16-17-18-19)9-4-2-1-3-5-9/h6-9H,1-5,15H2. The van der Waals surface area contributed by atoms with E-state index in [1.807, 2.05) is 0 Å². The topological polar surface area (TPSA) is 69.6 Å². The highest BCUT2D eigenvalue weighted by molar-refractivity contribution is 5.48.